The highest BCUT2D eigenvalue weighted by molar-refractivity contribution is 7.17. The Kier molecular flexibility index (Phi) is 4.45. The number of carbonyl (C=O) groups is 1. The van der Waals surface area contributed by atoms with Crippen molar-refractivity contribution in [3.05, 3.63) is 28.8 Å². The van der Waals surface area contributed by atoms with E-state index in [4.69, 9.17) is 15.2 Å². The number of fused-ring (bicyclic) bond motifs is 1. The molecule has 0 saturated carbocycles. The summed E-state index contributed by atoms with van der Waals surface area (Å²) in [6, 6.07) is 5.72. The molecule has 0 unspecified atom stereocenters. The van der Waals surface area contributed by atoms with Gasteiger partial charge in [-0.15, -0.1) is 11.3 Å². The average molecular weight is 288 g/mol. The predicted octanol–water partition coefficient (Wildman–Crippen LogP) is 3.11. The third-order valence-electron chi connectivity index (χ3n) is 1.95. The molecule has 2 heterocycles. The Hall–Kier alpha value is -2.14. The van der Waals surface area contributed by atoms with Gasteiger partial charge in [-0.25, -0.2) is 9.78 Å². The van der Waals surface area contributed by atoms with Crippen LogP contribution in [0.25, 0.3) is 10.2 Å². The second-order valence-corrected chi connectivity index (χ2v) is 4.29. The first kappa shape index (κ1) is 14.9. The lowest BCUT2D eigenvalue weighted by molar-refractivity contribution is -0.192. The molecule has 0 amide bonds. The van der Waals surface area contributed by atoms with E-state index in [1.54, 1.807) is 17.4 Å². The molecule has 0 fully saturated rings. The van der Waals surface area contributed by atoms with Gasteiger partial charge in [-0.3, -0.25) is 0 Å². The van der Waals surface area contributed by atoms with Gasteiger partial charge in [0.25, 0.3) is 0 Å². The van der Waals surface area contributed by atoms with Crippen molar-refractivity contribution in [3.63, 3.8) is 0 Å². The molecule has 8 heteroatoms. The van der Waals surface area contributed by atoms with Crippen LogP contribution in [0.1, 0.15) is 11.3 Å². The maximum absolute atomic E-state index is 10.6. The molecule has 0 aliphatic rings. The van der Waals surface area contributed by atoms with E-state index in [-0.39, 0.29) is 0 Å². The van der Waals surface area contributed by atoms with Crippen LogP contribution < -0.4 is 0 Å². The van der Waals surface area contributed by atoms with Crippen LogP contribution in [0.2, 0.25) is 0 Å². The monoisotopic (exact) mass is 288 g/mol. The van der Waals surface area contributed by atoms with E-state index in [0.29, 0.717) is 5.69 Å². The number of hydrogen-bond acceptors (Lipinski definition) is 4. The molecule has 0 saturated heterocycles. The van der Waals surface area contributed by atoms with Gasteiger partial charge in [0.1, 0.15) is 11.8 Å². The molecule has 2 aromatic rings. The number of alkyl halides is 3. The molecule has 19 heavy (non-hydrogen) atoms. The molecule has 0 atom stereocenters. The summed E-state index contributed by atoms with van der Waals surface area (Å²) in [6.07, 6.45) is -5.08. The summed E-state index contributed by atoms with van der Waals surface area (Å²) in [7, 11) is 0. The van der Waals surface area contributed by atoms with Crippen molar-refractivity contribution in [2.24, 2.45) is 0 Å². The fourth-order valence-corrected chi connectivity index (χ4v) is 1.97. The number of carboxylic acids is 1. The molecule has 4 nitrogen and oxygen atoms in total. The van der Waals surface area contributed by atoms with Gasteiger partial charge in [0, 0.05) is 0 Å². The van der Waals surface area contributed by atoms with Gasteiger partial charge in [-0.1, -0.05) is 0 Å². The Morgan fingerprint density at radius 3 is 2.53 bits per heavy atom. The molecule has 0 aromatic carbocycles. The molecule has 100 valence electrons. The molecule has 2 rings (SSSR count). The van der Waals surface area contributed by atoms with Crippen molar-refractivity contribution >= 4 is 27.5 Å². The van der Waals surface area contributed by atoms with Gasteiger partial charge in [0.15, 0.2) is 0 Å². The summed E-state index contributed by atoms with van der Waals surface area (Å²) in [6.45, 7) is 2.01. The van der Waals surface area contributed by atoms with Gasteiger partial charge in [-0.2, -0.15) is 18.4 Å². The van der Waals surface area contributed by atoms with Crippen LogP contribution in [0.15, 0.2) is 17.5 Å². The van der Waals surface area contributed by atoms with E-state index in [0.717, 1.165) is 15.8 Å². The molecule has 1 N–H and O–H groups in total. The van der Waals surface area contributed by atoms with Crippen molar-refractivity contribution in [2.75, 3.05) is 0 Å². The maximum atomic E-state index is 10.6. The molecule has 0 spiro atoms. The number of aryl methyl sites for hydroxylation is 1. The van der Waals surface area contributed by atoms with E-state index < -0.39 is 12.1 Å². The van der Waals surface area contributed by atoms with Crippen molar-refractivity contribution in [2.45, 2.75) is 13.1 Å². The standard InChI is InChI=1S/C9H6N2S.C2HF3O2/c1-6-5-12-8-3-2-7(4-10)11-9(6)8;3-2(4,5)1(6)7/h2-3,5H,1H3;(H,6,7). The average Bonchev–Trinajstić information content (AvgIpc) is 2.70. The van der Waals surface area contributed by atoms with Crippen LogP contribution in [0, 0.1) is 18.3 Å². The SMILES string of the molecule is Cc1csc2ccc(C#N)nc12.O=C(O)C(F)(F)F. The molecular formula is C11H7F3N2O2S. The van der Waals surface area contributed by atoms with Gasteiger partial charge in [0.05, 0.1) is 10.2 Å². The summed E-state index contributed by atoms with van der Waals surface area (Å²) >= 11 is 1.66. The molecule has 0 aliphatic heterocycles. The summed E-state index contributed by atoms with van der Waals surface area (Å²) in [4.78, 5) is 13.1. The summed E-state index contributed by atoms with van der Waals surface area (Å²) in [5, 5.41) is 17.8. The number of thiophene rings is 1. The first-order valence-electron chi connectivity index (χ1n) is 4.80. The minimum atomic E-state index is -5.08. The number of halogens is 3. The van der Waals surface area contributed by atoms with Crippen LogP contribution in [-0.4, -0.2) is 22.2 Å². The third kappa shape index (κ3) is 3.93. The lowest BCUT2D eigenvalue weighted by Crippen LogP contribution is -2.21. The van der Waals surface area contributed by atoms with E-state index in [1.165, 1.54) is 0 Å². The van der Waals surface area contributed by atoms with Crippen molar-refractivity contribution in [1.29, 1.82) is 5.26 Å². The number of nitrogens with zero attached hydrogens (tertiary/aromatic N) is 2. The lowest BCUT2D eigenvalue weighted by atomic mass is 10.3. The lowest BCUT2D eigenvalue weighted by Gasteiger charge is -1.93. The number of hydrogen-bond donors (Lipinski definition) is 1. The van der Waals surface area contributed by atoms with E-state index in [1.807, 2.05) is 19.1 Å². The molecular weight excluding hydrogens is 281 g/mol. The van der Waals surface area contributed by atoms with Crippen LogP contribution >= 0.6 is 11.3 Å². The van der Waals surface area contributed by atoms with Gasteiger partial charge in [-0.05, 0) is 30.0 Å². The smallest absolute Gasteiger partial charge is 0.475 e. The zero-order valence-corrected chi connectivity index (χ0v) is 10.3. The Morgan fingerprint density at radius 1 is 1.47 bits per heavy atom. The van der Waals surface area contributed by atoms with E-state index in [2.05, 4.69) is 10.4 Å². The normalized spacial score (nSPS) is 10.5. The fraction of sp³-hybridized carbons (Fsp3) is 0.182. The molecule has 2 aromatic heterocycles. The van der Waals surface area contributed by atoms with Crippen molar-refractivity contribution < 1.29 is 23.1 Å². The number of aliphatic carboxylic acids is 1. The van der Waals surface area contributed by atoms with Crippen LogP contribution in [0.5, 0.6) is 0 Å². The topological polar surface area (TPSA) is 74.0 Å². The Morgan fingerprint density at radius 2 is 2.05 bits per heavy atom. The molecule has 0 bridgehead atoms. The first-order valence-corrected chi connectivity index (χ1v) is 5.68. The predicted molar refractivity (Wildman–Crippen MR) is 62.8 cm³/mol. The highest BCUT2D eigenvalue weighted by Crippen LogP contribution is 2.23. The summed E-state index contributed by atoms with van der Waals surface area (Å²) in [5.74, 6) is -2.76. The van der Waals surface area contributed by atoms with Crippen molar-refractivity contribution in [1.82, 2.24) is 4.98 Å². The molecule has 0 aliphatic carbocycles. The fourth-order valence-electron chi connectivity index (χ4n) is 1.09. The largest absolute Gasteiger partial charge is 0.490 e. The highest BCUT2D eigenvalue weighted by Gasteiger charge is 2.38. The minimum Gasteiger partial charge on any atom is -0.475 e. The van der Waals surface area contributed by atoms with Crippen LogP contribution in [0.3, 0.4) is 0 Å². The van der Waals surface area contributed by atoms with Gasteiger partial charge in [0.2, 0.25) is 0 Å². The van der Waals surface area contributed by atoms with E-state index in [9.17, 15) is 13.2 Å². The Balaban J connectivity index is 0.000000224. The quantitative estimate of drug-likeness (QED) is 0.808. The number of aromatic nitrogens is 1. The second kappa shape index (κ2) is 5.67. The second-order valence-electron chi connectivity index (χ2n) is 3.38. The minimum absolute atomic E-state index is 0.490. The summed E-state index contributed by atoms with van der Waals surface area (Å²) < 4.78 is 32.9. The maximum Gasteiger partial charge on any atom is 0.490 e. The third-order valence-corrected chi connectivity index (χ3v) is 3.01. The van der Waals surface area contributed by atoms with Crippen molar-refractivity contribution in [3.8, 4) is 6.07 Å². The number of rotatable bonds is 0. The zero-order chi connectivity index (χ0) is 14.6. The van der Waals surface area contributed by atoms with Gasteiger partial charge >= 0.3 is 12.1 Å². The van der Waals surface area contributed by atoms with Crippen LogP contribution in [-0.2, 0) is 4.79 Å². The highest BCUT2D eigenvalue weighted by atomic mass is 32.1. The van der Waals surface area contributed by atoms with E-state index >= 15 is 0 Å². The Labute approximate surface area is 109 Å². The number of nitriles is 1. The molecule has 0 radical (unpaired) electrons. The van der Waals surface area contributed by atoms with Gasteiger partial charge < -0.3 is 5.11 Å². The Bertz CT molecular complexity index is 643. The first-order chi connectivity index (χ1) is 8.75. The number of carboxylic acid groups (broad SMARTS) is 1. The summed E-state index contributed by atoms with van der Waals surface area (Å²) in [5.41, 5.74) is 2.59. The zero-order valence-electron chi connectivity index (χ0n) is 9.52. The number of pyridine rings is 1. The van der Waals surface area contributed by atoms with Crippen LogP contribution in [0.4, 0.5) is 13.2 Å².